The molecule has 0 radical (unpaired) electrons. The SMILES string of the molecule is CCCCNc1ncnc2c1ncn2[C@@H]1O[C@H](CS)[C@@H](O)[C@H]1O. The van der Waals surface area contributed by atoms with Crippen LogP contribution in [0.25, 0.3) is 11.2 Å². The maximum absolute atomic E-state index is 10.2. The Labute approximate surface area is 139 Å². The van der Waals surface area contributed by atoms with E-state index >= 15 is 0 Å². The van der Waals surface area contributed by atoms with Crippen LogP contribution in [0.5, 0.6) is 0 Å². The van der Waals surface area contributed by atoms with Crippen molar-refractivity contribution in [1.82, 2.24) is 19.5 Å². The third-order valence-electron chi connectivity index (χ3n) is 3.97. The van der Waals surface area contributed by atoms with Crippen LogP contribution < -0.4 is 5.32 Å². The van der Waals surface area contributed by atoms with Crippen molar-refractivity contribution in [2.75, 3.05) is 17.6 Å². The third kappa shape index (κ3) is 3.01. The summed E-state index contributed by atoms with van der Waals surface area (Å²) in [6.45, 7) is 2.92. The molecule has 0 bridgehead atoms. The van der Waals surface area contributed by atoms with Gasteiger partial charge in [-0.2, -0.15) is 12.6 Å². The standard InChI is InChI=1S/C14H21N5O3S/c1-2-3-4-15-12-9-13(17-6-16-12)19(7-18-9)14-11(21)10(20)8(5-23)22-14/h6-8,10-11,14,20-21,23H,2-5H2,1H3,(H,15,16,17)/t8-,10-,11-,14-/m1/s1. The van der Waals surface area contributed by atoms with E-state index < -0.39 is 24.5 Å². The minimum Gasteiger partial charge on any atom is -0.387 e. The lowest BCUT2D eigenvalue weighted by molar-refractivity contribution is -0.0288. The first-order valence-electron chi connectivity index (χ1n) is 7.71. The van der Waals surface area contributed by atoms with E-state index in [9.17, 15) is 10.2 Å². The highest BCUT2D eigenvalue weighted by Crippen LogP contribution is 2.32. The monoisotopic (exact) mass is 339 g/mol. The summed E-state index contributed by atoms with van der Waals surface area (Å²) < 4.78 is 7.32. The molecular formula is C14H21N5O3S. The Morgan fingerprint density at radius 3 is 2.83 bits per heavy atom. The van der Waals surface area contributed by atoms with Crippen molar-refractivity contribution in [3.8, 4) is 0 Å². The van der Waals surface area contributed by atoms with Gasteiger partial charge in [0.1, 0.15) is 18.5 Å². The van der Waals surface area contributed by atoms with E-state index in [1.165, 1.54) is 6.33 Å². The number of unbranched alkanes of at least 4 members (excludes halogenated alkanes) is 1. The van der Waals surface area contributed by atoms with Crippen LogP contribution in [0.1, 0.15) is 26.0 Å². The molecule has 0 amide bonds. The number of ether oxygens (including phenoxy) is 1. The van der Waals surface area contributed by atoms with Gasteiger partial charge in [0.25, 0.3) is 0 Å². The van der Waals surface area contributed by atoms with Crippen molar-refractivity contribution in [3.63, 3.8) is 0 Å². The third-order valence-corrected chi connectivity index (χ3v) is 4.33. The first kappa shape index (κ1) is 16.4. The fourth-order valence-electron chi connectivity index (χ4n) is 2.66. The number of aliphatic hydroxyl groups excluding tert-OH is 2. The largest absolute Gasteiger partial charge is 0.387 e. The lowest BCUT2D eigenvalue weighted by Crippen LogP contribution is -2.32. The highest BCUT2D eigenvalue weighted by atomic mass is 32.1. The summed E-state index contributed by atoms with van der Waals surface area (Å²) in [5, 5.41) is 23.5. The maximum atomic E-state index is 10.2. The molecule has 1 aliphatic heterocycles. The number of hydrogen-bond donors (Lipinski definition) is 4. The molecule has 0 aliphatic carbocycles. The number of fused-ring (bicyclic) bond motifs is 1. The predicted octanol–water partition coefficient (Wildman–Crippen LogP) is 0.587. The van der Waals surface area contributed by atoms with E-state index in [-0.39, 0.29) is 0 Å². The zero-order chi connectivity index (χ0) is 16.4. The zero-order valence-corrected chi connectivity index (χ0v) is 13.7. The Morgan fingerprint density at radius 2 is 2.13 bits per heavy atom. The van der Waals surface area contributed by atoms with Crippen LogP contribution >= 0.6 is 12.6 Å². The minimum atomic E-state index is -1.06. The fourth-order valence-corrected chi connectivity index (χ4v) is 2.96. The Kier molecular flexibility index (Phi) is 5.00. The molecule has 0 spiro atoms. The van der Waals surface area contributed by atoms with E-state index in [1.807, 2.05) is 0 Å². The number of imidazole rings is 1. The van der Waals surface area contributed by atoms with Crippen molar-refractivity contribution >= 4 is 29.6 Å². The predicted molar refractivity (Wildman–Crippen MR) is 88.5 cm³/mol. The molecule has 0 saturated carbocycles. The Hall–Kier alpha value is -1.42. The van der Waals surface area contributed by atoms with Gasteiger partial charge in [0.2, 0.25) is 0 Å². The molecule has 0 unspecified atom stereocenters. The maximum Gasteiger partial charge on any atom is 0.167 e. The molecule has 3 heterocycles. The quantitative estimate of drug-likeness (QED) is 0.451. The summed E-state index contributed by atoms with van der Waals surface area (Å²) in [6, 6.07) is 0. The summed E-state index contributed by atoms with van der Waals surface area (Å²) in [5.74, 6) is 0.973. The zero-order valence-electron chi connectivity index (χ0n) is 12.8. The number of rotatable bonds is 6. The van der Waals surface area contributed by atoms with Gasteiger partial charge in [-0.15, -0.1) is 0 Å². The highest BCUT2D eigenvalue weighted by Gasteiger charge is 2.43. The van der Waals surface area contributed by atoms with E-state index in [0.717, 1.165) is 19.4 Å². The number of thiol groups is 1. The van der Waals surface area contributed by atoms with Crippen LogP contribution in [0, 0.1) is 0 Å². The van der Waals surface area contributed by atoms with Crippen LogP contribution in [-0.2, 0) is 4.74 Å². The number of hydrogen-bond acceptors (Lipinski definition) is 8. The average Bonchev–Trinajstić information content (AvgIpc) is 3.11. The number of anilines is 1. The Morgan fingerprint density at radius 1 is 1.30 bits per heavy atom. The smallest absolute Gasteiger partial charge is 0.167 e. The molecule has 126 valence electrons. The van der Waals surface area contributed by atoms with Gasteiger partial charge in [-0.3, -0.25) is 4.57 Å². The Bertz CT molecular complexity index is 667. The molecule has 1 fully saturated rings. The summed E-state index contributed by atoms with van der Waals surface area (Å²) >= 11 is 4.13. The van der Waals surface area contributed by atoms with Gasteiger partial charge >= 0.3 is 0 Å². The molecule has 8 nitrogen and oxygen atoms in total. The first-order chi connectivity index (χ1) is 11.2. The molecule has 1 saturated heterocycles. The number of aliphatic hydroxyl groups is 2. The number of nitrogens with one attached hydrogen (secondary N) is 1. The van der Waals surface area contributed by atoms with Crippen LogP contribution in [0.15, 0.2) is 12.7 Å². The first-order valence-corrected chi connectivity index (χ1v) is 8.34. The van der Waals surface area contributed by atoms with Crippen molar-refractivity contribution in [2.24, 2.45) is 0 Å². The van der Waals surface area contributed by atoms with Gasteiger partial charge in [-0.25, -0.2) is 15.0 Å². The van der Waals surface area contributed by atoms with Crippen LogP contribution in [0.3, 0.4) is 0 Å². The normalized spacial score (nSPS) is 27.7. The molecule has 4 atom stereocenters. The van der Waals surface area contributed by atoms with E-state index in [4.69, 9.17) is 4.74 Å². The van der Waals surface area contributed by atoms with Crippen molar-refractivity contribution in [2.45, 2.75) is 44.3 Å². The van der Waals surface area contributed by atoms with E-state index in [0.29, 0.717) is 22.7 Å². The second-order valence-electron chi connectivity index (χ2n) is 5.56. The summed E-state index contributed by atoms with van der Waals surface area (Å²) in [4.78, 5) is 12.8. The molecular weight excluding hydrogens is 318 g/mol. The molecule has 1 aliphatic rings. The number of nitrogens with zero attached hydrogens (tertiary/aromatic N) is 4. The van der Waals surface area contributed by atoms with Crippen LogP contribution in [0.2, 0.25) is 0 Å². The molecule has 2 aromatic rings. The molecule has 2 aromatic heterocycles. The fraction of sp³-hybridized carbons (Fsp3) is 0.643. The molecule has 3 rings (SSSR count). The molecule has 3 N–H and O–H groups in total. The second kappa shape index (κ2) is 7.00. The van der Waals surface area contributed by atoms with Gasteiger partial charge in [0, 0.05) is 12.3 Å². The van der Waals surface area contributed by atoms with E-state index in [2.05, 4.69) is 39.8 Å². The molecule has 9 heteroatoms. The van der Waals surface area contributed by atoms with Crippen LogP contribution in [0.4, 0.5) is 5.82 Å². The van der Waals surface area contributed by atoms with Crippen molar-refractivity contribution in [3.05, 3.63) is 12.7 Å². The van der Waals surface area contributed by atoms with Crippen molar-refractivity contribution < 1.29 is 14.9 Å². The van der Waals surface area contributed by atoms with Gasteiger partial charge < -0.3 is 20.3 Å². The van der Waals surface area contributed by atoms with Gasteiger partial charge in [-0.1, -0.05) is 13.3 Å². The Balaban J connectivity index is 1.90. The summed E-state index contributed by atoms with van der Waals surface area (Å²) in [5.41, 5.74) is 1.17. The van der Waals surface area contributed by atoms with Crippen LogP contribution in [-0.4, -0.2) is 60.3 Å². The molecule has 23 heavy (non-hydrogen) atoms. The highest BCUT2D eigenvalue weighted by molar-refractivity contribution is 7.80. The lowest BCUT2D eigenvalue weighted by atomic mass is 10.1. The van der Waals surface area contributed by atoms with E-state index in [1.54, 1.807) is 10.9 Å². The van der Waals surface area contributed by atoms with Gasteiger partial charge in [0.15, 0.2) is 23.2 Å². The minimum absolute atomic E-state index is 0.320. The topological polar surface area (TPSA) is 105 Å². The van der Waals surface area contributed by atoms with Gasteiger partial charge in [0.05, 0.1) is 12.4 Å². The lowest BCUT2D eigenvalue weighted by Gasteiger charge is -2.16. The second-order valence-corrected chi connectivity index (χ2v) is 5.92. The van der Waals surface area contributed by atoms with Crippen molar-refractivity contribution in [1.29, 1.82) is 0 Å². The number of aromatic nitrogens is 4. The summed E-state index contributed by atoms with van der Waals surface area (Å²) in [6.07, 6.45) is 1.79. The molecule has 0 aromatic carbocycles. The summed E-state index contributed by atoms with van der Waals surface area (Å²) in [7, 11) is 0. The van der Waals surface area contributed by atoms with Gasteiger partial charge in [-0.05, 0) is 6.42 Å². The average molecular weight is 339 g/mol.